The monoisotopic (exact) mass is 388 g/mol. The molecule has 0 aliphatic carbocycles. The number of carboxylic acid groups (broad SMARTS) is 1. The SMILES string of the molecule is CCN(CCC(C)C)c1c(F)c(OC)c(C)c(Nc2ccccc2)c1C(=O)O. The third-order valence-electron chi connectivity index (χ3n) is 4.75. The summed E-state index contributed by atoms with van der Waals surface area (Å²) in [6, 6.07) is 9.23. The normalized spacial score (nSPS) is 10.8. The van der Waals surface area contributed by atoms with Gasteiger partial charge in [0.25, 0.3) is 0 Å². The first-order chi connectivity index (χ1) is 13.3. The summed E-state index contributed by atoms with van der Waals surface area (Å²) in [6.45, 7) is 8.76. The maximum absolute atomic E-state index is 15.4. The number of benzene rings is 2. The molecule has 0 atom stereocenters. The molecule has 0 aliphatic rings. The zero-order chi connectivity index (χ0) is 20.8. The predicted molar refractivity (Wildman–Crippen MR) is 112 cm³/mol. The summed E-state index contributed by atoms with van der Waals surface area (Å²) < 4.78 is 20.7. The van der Waals surface area contributed by atoms with Crippen molar-refractivity contribution in [1.29, 1.82) is 0 Å². The number of ether oxygens (including phenoxy) is 1. The molecule has 0 bridgehead atoms. The first-order valence-electron chi connectivity index (χ1n) is 9.52. The smallest absolute Gasteiger partial charge is 0.340 e. The zero-order valence-electron chi connectivity index (χ0n) is 17.2. The summed E-state index contributed by atoms with van der Waals surface area (Å²) in [4.78, 5) is 14.0. The van der Waals surface area contributed by atoms with Gasteiger partial charge in [0.05, 0.1) is 18.5 Å². The second kappa shape index (κ2) is 9.44. The topological polar surface area (TPSA) is 61.8 Å². The summed E-state index contributed by atoms with van der Waals surface area (Å²) >= 11 is 0. The molecule has 6 heteroatoms. The van der Waals surface area contributed by atoms with E-state index in [9.17, 15) is 9.90 Å². The number of methoxy groups -OCH3 is 1. The lowest BCUT2D eigenvalue weighted by Gasteiger charge is -2.29. The van der Waals surface area contributed by atoms with Crippen LogP contribution < -0.4 is 15.0 Å². The molecular weight excluding hydrogens is 359 g/mol. The van der Waals surface area contributed by atoms with Gasteiger partial charge in [-0.2, -0.15) is 0 Å². The highest BCUT2D eigenvalue weighted by Gasteiger charge is 2.30. The lowest BCUT2D eigenvalue weighted by atomic mass is 10.0. The number of hydrogen-bond donors (Lipinski definition) is 2. The Labute approximate surface area is 166 Å². The number of rotatable bonds is 9. The fourth-order valence-electron chi connectivity index (χ4n) is 3.21. The van der Waals surface area contributed by atoms with Crippen molar-refractivity contribution in [1.82, 2.24) is 0 Å². The van der Waals surface area contributed by atoms with Crippen molar-refractivity contribution < 1.29 is 19.0 Å². The molecule has 2 N–H and O–H groups in total. The minimum atomic E-state index is -1.18. The Bertz CT molecular complexity index is 823. The molecule has 2 aromatic rings. The van der Waals surface area contributed by atoms with Gasteiger partial charge in [-0.05, 0) is 38.3 Å². The largest absolute Gasteiger partial charge is 0.493 e. The molecule has 2 rings (SSSR count). The third kappa shape index (κ3) is 4.55. The zero-order valence-corrected chi connectivity index (χ0v) is 17.2. The van der Waals surface area contributed by atoms with Crippen LogP contribution in [0.3, 0.4) is 0 Å². The number of nitrogens with one attached hydrogen (secondary N) is 1. The first-order valence-corrected chi connectivity index (χ1v) is 9.52. The summed E-state index contributed by atoms with van der Waals surface area (Å²) in [7, 11) is 1.40. The van der Waals surface area contributed by atoms with Gasteiger partial charge in [0.15, 0.2) is 11.6 Å². The van der Waals surface area contributed by atoms with Gasteiger partial charge in [0.1, 0.15) is 5.56 Å². The van der Waals surface area contributed by atoms with E-state index in [0.717, 1.165) is 12.1 Å². The number of nitrogens with zero attached hydrogens (tertiary/aromatic N) is 1. The van der Waals surface area contributed by atoms with Crippen molar-refractivity contribution in [3.63, 3.8) is 0 Å². The van der Waals surface area contributed by atoms with Crippen LogP contribution in [0.1, 0.15) is 43.1 Å². The van der Waals surface area contributed by atoms with E-state index in [1.165, 1.54) is 7.11 Å². The van der Waals surface area contributed by atoms with E-state index in [1.54, 1.807) is 11.8 Å². The van der Waals surface area contributed by atoms with Crippen LogP contribution in [0.2, 0.25) is 0 Å². The minimum Gasteiger partial charge on any atom is -0.493 e. The number of anilines is 3. The number of aromatic carboxylic acids is 1. The lowest BCUT2D eigenvalue weighted by molar-refractivity contribution is 0.0698. The molecule has 0 aliphatic heterocycles. The molecule has 0 radical (unpaired) electrons. The van der Waals surface area contributed by atoms with Crippen LogP contribution >= 0.6 is 0 Å². The molecule has 0 saturated carbocycles. The van der Waals surface area contributed by atoms with Crippen molar-refractivity contribution in [3.05, 3.63) is 47.3 Å². The highest BCUT2D eigenvalue weighted by atomic mass is 19.1. The minimum absolute atomic E-state index is 0.0569. The first kappa shape index (κ1) is 21.5. The van der Waals surface area contributed by atoms with E-state index in [-0.39, 0.29) is 17.0 Å². The molecule has 0 unspecified atom stereocenters. The van der Waals surface area contributed by atoms with Gasteiger partial charge < -0.3 is 20.1 Å². The molecule has 152 valence electrons. The Morgan fingerprint density at radius 1 is 1.29 bits per heavy atom. The van der Waals surface area contributed by atoms with Crippen LogP contribution in [0.4, 0.5) is 21.5 Å². The van der Waals surface area contributed by atoms with Crippen molar-refractivity contribution in [2.24, 2.45) is 5.92 Å². The Hall–Kier alpha value is -2.76. The number of carbonyl (C=O) groups is 1. The Kier molecular flexibility index (Phi) is 7.26. The van der Waals surface area contributed by atoms with Crippen molar-refractivity contribution in [3.8, 4) is 5.75 Å². The molecule has 2 aromatic carbocycles. The van der Waals surface area contributed by atoms with Gasteiger partial charge in [0.2, 0.25) is 0 Å². The quantitative estimate of drug-likeness (QED) is 0.597. The maximum Gasteiger partial charge on any atom is 0.340 e. The van der Waals surface area contributed by atoms with Crippen LogP contribution in [-0.4, -0.2) is 31.3 Å². The Morgan fingerprint density at radius 3 is 2.43 bits per heavy atom. The Morgan fingerprint density at radius 2 is 1.93 bits per heavy atom. The number of para-hydroxylation sites is 1. The number of hydrogen-bond acceptors (Lipinski definition) is 4. The molecule has 5 nitrogen and oxygen atoms in total. The second-order valence-corrected chi connectivity index (χ2v) is 7.13. The van der Waals surface area contributed by atoms with E-state index < -0.39 is 11.8 Å². The second-order valence-electron chi connectivity index (χ2n) is 7.13. The van der Waals surface area contributed by atoms with Crippen LogP contribution in [0.5, 0.6) is 5.75 Å². The third-order valence-corrected chi connectivity index (χ3v) is 4.75. The van der Waals surface area contributed by atoms with E-state index in [2.05, 4.69) is 19.2 Å². The molecule has 28 heavy (non-hydrogen) atoms. The lowest BCUT2D eigenvalue weighted by Crippen LogP contribution is -2.29. The number of halogens is 1. The fourth-order valence-corrected chi connectivity index (χ4v) is 3.21. The van der Waals surface area contributed by atoms with E-state index in [4.69, 9.17) is 4.74 Å². The van der Waals surface area contributed by atoms with Gasteiger partial charge >= 0.3 is 5.97 Å². The van der Waals surface area contributed by atoms with Crippen LogP contribution in [-0.2, 0) is 0 Å². The van der Waals surface area contributed by atoms with Gasteiger partial charge in [-0.3, -0.25) is 0 Å². The predicted octanol–water partition coefficient (Wildman–Crippen LogP) is 5.46. The van der Waals surface area contributed by atoms with Crippen LogP contribution in [0.25, 0.3) is 0 Å². The van der Waals surface area contributed by atoms with E-state index >= 15 is 4.39 Å². The van der Waals surface area contributed by atoms with Crippen molar-refractivity contribution in [2.45, 2.75) is 34.1 Å². The average molecular weight is 388 g/mol. The van der Waals surface area contributed by atoms with Crippen LogP contribution in [0, 0.1) is 18.7 Å². The standard InChI is InChI=1S/C22H29FN2O3/c1-6-25(13-12-14(2)3)20-17(22(26)27)19(15(4)21(28-5)18(20)23)24-16-10-8-7-9-11-16/h7-11,14,24H,6,12-13H2,1-5H3,(H,26,27). The molecule has 0 amide bonds. The van der Waals surface area contributed by atoms with Gasteiger partial charge in [0, 0.05) is 24.3 Å². The highest BCUT2D eigenvalue weighted by Crippen LogP contribution is 2.42. The van der Waals surface area contributed by atoms with Gasteiger partial charge in [-0.15, -0.1) is 0 Å². The number of carboxylic acids is 1. The average Bonchev–Trinajstić information content (AvgIpc) is 2.66. The van der Waals surface area contributed by atoms with E-state index in [0.29, 0.717) is 30.3 Å². The Balaban J connectivity index is 2.71. The van der Waals surface area contributed by atoms with Gasteiger partial charge in [-0.25, -0.2) is 9.18 Å². The van der Waals surface area contributed by atoms with Crippen molar-refractivity contribution in [2.75, 3.05) is 30.4 Å². The summed E-state index contributed by atoms with van der Waals surface area (Å²) in [5.74, 6) is -1.34. The highest BCUT2D eigenvalue weighted by molar-refractivity contribution is 6.03. The molecule has 0 heterocycles. The molecule has 0 fully saturated rings. The van der Waals surface area contributed by atoms with E-state index in [1.807, 2.05) is 37.3 Å². The molecule has 0 saturated heterocycles. The molecule has 0 aromatic heterocycles. The van der Waals surface area contributed by atoms with Crippen molar-refractivity contribution >= 4 is 23.0 Å². The molecular formula is C22H29FN2O3. The summed E-state index contributed by atoms with van der Waals surface area (Å²) in [5, 5.41) is 13.1. The molecule has 0 spiro atoms. The van der Waals surface area contributed by atoms with Crippen LogP contribution in [0.15, 0.2) is 30.3 Å². The summed E-state index contributed by atoms with van der Waals surface area (Å²) in [5.41, 5.74) is 1.47. The maximum atomic E-state index is 15.4. The van der Waals surface area contributed by atoms with Gasteiger partial charge in [-0.1, -0.05) is 32.0 Å². The fraction of sp³-hybridized carbons (Fsp3) is 0.409. The summed E-state index contributed by atoms with van der Waals surface area (Å²) in [6.07, 6.45) is 0.823.